The van der Waals surface area contributed by atoms with Gasteiger partial charge in [0.25, 0.3) is 5.91 Å². The minimum Gasteiger partial charge on any atom is -0.309 e. The van der Waals surface area contributed by atoms with Gasteiger partial charge in [0.15, 0.2) is 5.13 Å². The van der Waals surface area contributed by atoms with Gasteiger partial charge in [0.1, 0.15) is 0 Å². The Morgan fingerprint density at radius 2 is 1.88 bits per heavy atom. The van der Waals surface area contributed by atoms with Crippen LogP contribution in [0.25, 0.3) is 10.2 Å². The summed E-state index contributed by atoms with van der Waals surface area (Å²) in [7, 11) is 4.04. The van der Waals surface area contributed by atoms with E-state index in [1.165, 1.54) is 22.7 Å². The Kier molecular flexibility index (Phi) is 7.70. The van der Waals surface area contributed by atoms with Gasteiger partial charge in [-0.05, 0) is 57.4 Å². The Hall–Kier alpha value is -0.890. The van der Waals surface area contributed by atoms with Crippen molar-refractivity contribution in [1.29, 1.82) is 0 Å². The van der Waals surface area contributed by atoms with Gasteiger partial charge in [-0.15, -0.1) is 23.7 Å². The minimum atomic E-state index is -0.0687. The number of amides is 1. The smallest absolute Gasteiger partial charge is 0.270 e. The molecular weight excluding hydrogens is 433 g/mol. The molecule has 0 radical (unpaired) electrons. The van der Waals surface area contributed by atoms with Crippen molar-refractivity contribution < 1.29 is 4.79 Å². The molecule has 2 aromatic heterocycles. The molecule has 26 heavy (non-hydrogen) atoms. The van der Waals surface area contributed by atoms with Crippen molar-refractivity contribution in [2.75, 3.05) is 32.1 Å². The Bertz CT molecular complexity index is 894. The highest BCUT2D eigenvalue weighted by Gasteiger charge is 2.22. The number of carbonyl (C=O) groups is 1. The molecule has 0 saturated heterocycles. The summed E-state index contributed by atoms with van der Waals surface area (Å²) in [4.78, 5) is 22.1. The topological polar surface area (TPSA) is 36.4 Å². The molecule has 3 rings (SSSR count). The molecule has 9 heteroatoms. The summed E-state index contributed by atoms with van der Waals surface area (Å²) in [5.41, 5.74) is 0.846. The summed E-state index contributed by atoms with van der Waals surface area (Å²) >= 11 is 14.8. The Morgan fingerprint density at radius 3 is 2.54 bits per heavy atom. The highest BCUT2D eigenvalue weighted by molar-refractivity contribution is 7.22. The van der Waals surface area contributed by atoms with Crippen LogP contribution in [0, 0.1) is 0 Å². The van der Waals surface area contributed by atoms with Gasteiger partial charge in [-0.1, -0.05) is 34.5 Å². The van der Waals surface area contributed by atoms with Crippen LogP contribution in [-0.2, 0) is 0 Å². The van der Waals surface area contributed by atoms with Gasteiger partial charge in [-0.2, -0.15) is 0 Å². The lowest BCUT2D eigenvalue weighted by Gasteiger charge is -2.20. The second-order valence-corrected chi connectivity index (χ2v) is 8.99. The Balaban J connectivity index is 0.00000243. The number of fused-ring (bicyclic) bond motifs is 1. The van der Waals surface area contributed by atoms with Crippen LogP contribution in [0.2, 0.25) is 9.36 Å². The second kappa shape index (κ2) is 9.35. The molecule has 1 aromatic carbocycles. The summed E-state index contributed by atoms with van der Waals surface area (Å²) in [6.45, 7) is 1.49. The fourth-order valence-electron chi connectivity index (χ4n) is 2.39. The molecule has 0 N–H and O–H groups in total. The first-order chi connectivity index (χ1) is 11.9. The molecule has 0 bridgehead atoms. The zero-order valence-corrected chi connectivity index (χ0v) is 18.2. The van der Waals surface area contributed by atoms with E-state index in [9.17, 15) is 4.79 Å². The number of hydrogen-bond donors (Lipinski definition) is 0. The summed E-state index contributed by atoms with van der Waals surface area (Å²) in [6.07, 6.45) is 0.856. The van der Waals surface area contributed by atoms with Crippen LogP contribution in [0.15, 0.2) is 30.3 Å². The quantitative estimate of drug-likeness (QED) is 0.484. The van der Waals surface area contributed by atoms with E-state index in [1.54, 1.807) is 17.0 Å². The minimum absolute atomic E-state index is 0. The van der Waals surface area contributed by atoms with E-state index in [-0.39, 0.29) is 18.3 Å². The van der Waals surface area contributed by atoms with Gasteiger partial charge < -0.3 is 4.90 Å². The molecule has 0 aliphatic heterocycles. The Morgan fingerprint density at radius 1 is 1.12 bits per heavy atom. The average molecular weight is 451 g/mol. The van der Waals surface area contributed by atoms with Crippen molar-refractivity contribution in [2.24, 2.45) is 0 Å². The number of anilines is 1. The van der Waals surface area contributed by atoms with Crippen molar-refractivity contribution >= 4 is 79.5 Å². The van der Waals surface area contributed by atoms with Crippen LogP contribution in [-0.4, -0.2) is 43.0 Å². The number of aromatic nitrogens is 1. The number of carbonyl (C=O) groups excluding carboxylic acids is 1. The molecule has 4 nitrogen and oxygen atoms in total. The number of hydrogen-bond acceptors (Lipinski definition) is 5. The van der Waals surface area contributed by atoms with Gasteiger partial charge in [0.05, 0.1) is 19.4 Å². The first-order valence-corrected chi connectivity index (χ1v) is 10.1. The number of thiophene rings is 1. The molecule has 1 amide bonds. The van der Waals surface area contributed by atoms with Crippen LogP contribution in [0.4, 0.5) is 5.13 Å². The molecule has 0 aliphatic rings. The summed E-state index contributed by atoms with van der Waals surface area (Å²) < 4.78 is 1.57. The van der Waals surface area contributed by atoms with Gasteiger partial charge in [-0.3, -0.25) is 9.69 Å². The predicted octanol–water partition coefficient (Wildman–Crippen LogP) is 5.68. The van der Waals surface area contributed by atoms with E-state index >= 15 is 0 Å². The number of halogens is 3. The van der Waals surface area contributed by atoms with Crippen LogP contribution < -0.4 is 4.90 Å². The van der Waals surface area contributed by atoms with Crippen molar-refractivity contribution in [3.05, 3.63) is 44.6 Å². The standard InChI is InChI=1S/C17H17Cl2N3OS2.ClH/c1-21(2)8-3-9-22(16(23)13-6-7-15(19)24-13)17-20-12-5-4-11(18)10-14(12)25-17;/h4-7,10H,3,8-9H2,1-2H3;1H. The van der Waals surface area contributed by atoms with E-state index in [4.69, 9.17) is 23.2 Å². The van der Waals surface area contributed by atoms with Gasteiger partial charge in [-0.25, -0.2) is 4.98 Å². The van der Waals surface area contributed by atoms with Gasteiger partial charge in [0, 0.05) is 11.6 Å². The molecule has 3 aromatic rings. The molecule has 0 atom stereocenters. The molecule has 0 aliphatic carbocycles. The van der Waals surface area contributed by atoms with Crippen molar-refractivity contribution in [2.45, 2.75) is 6.42 Å². The molecule has 140 valence electrons. The Labute approximate surface area is 176 Å². The maximum Gasteiger partial charge on any atom is 0.270 e. The largest absolute Gasteiger partial charge is 0.309 e. The third-order valence-electron chi connectivity index (χ3n) is 3.59. The average Bonchev–Trinajstić information content (AvgIpc) is 3.16. The first kappa shape index (κ1) is 21.4. The maximum atomic E-state index is 13.0. The number of nitrogens with zero attached hydrogens (tertiary/aromatic N) is 3. The van der Waals surface area contributed by atoms with Crippen molar-refractivity contribution in [3.8, 4) is 0 Å². The summed E-state index contributed by atoms with van der Waals surface area (Å²) in [5, 5.41) is 1.35. The summed E-state index contributed by atoms with van der Waals surface area (Å²) in [6, 6.07) is 9.07. The summed E-state index contributed by atoms with van der Waals surface area (Å²) in [5.74, 6) is -0.0687. The van der Waals surface area contributed by atoms with E-state index in [0.29, 0.717) is 25.9 Å². The van der Waals surface area contributed by atoms with Gasteiger partial charge in [0.2, 0.25) is 0 Å². The predicted molar refractivity (Wildman–Crippen MR) is 116 cm³/mol. The third-order valence-corrected chi connectivity index (χ3v) is 6.08. The molecule has 0 saturated carbocycles. The zero-order chi connectivity index (χ0) is 18.0. The maximum absolute atomic E-state index is 13.0. The monoisotopic (exact) mass is 449 g/mol. The lowest BCUT2D eigenvalue weighted by atomic mass is 10.3. The fraction of sp³-hybridized carbons (Fsp3) is 0.294. The SMILES string of the molecule is CN(C)CCCN(C(=O)c1ccc(Cl)s1)c1nc2ccc(Cl)cc2s1.Cl. The lowest BCUT2D eigenvalue weighted by molar-refractivity contribution is 0.0990. The lowest BCUT2D eigenvalue weighted by Crippen LogP contribution is -2.32. The van der Waals surface area contributed by atoms with Crippen LogP contribution in [0.3, 0.4) is 0 Å². The molecule has 0 unspecified atom stereocenters. The second-order valence-electron chi connectivity index (χ2n) is 5.83. The molecule has 2 heterocycles. The fourth-order valence-corrected chi connectivity index (χ4v) is 4.65. The zero-order valence-electron chi connectivity index (χ0n) is 14.2. The van der Waals surface area contributed by atoms with E-state index in [0.717, 1.165) is 23.2 Å². The van der Waals surface area contributed by atoms with E-state index in [2.05, 4.69) is 9.88 Å². The normalized spacial score (nSPS) is 11.0. The molecule has 0 spiro atoms. The highest BCUT2D eigenvalue weighted by atomic mass is 35.5. The number of rotatable bonds is 6. The molecular formula is C17H18Cl3N3OS2. The van der Waals surface area contributed by atoms with Crippen LogP contribution >= 0.6 is 58.3 Å². The third kappa shape index (κ3) is 5.09. The van der Waals surface area contributed by atoms with E-state index < -0.39 is 0 Å². The van der Waals surface area contributed by atoms with Crippen molar-refractivity contribution in [1.82, 2.24) is 9.88 Å². The first-order valence-electron chi connectivity index (χ1n) is 7.72. The van der Waals surface area contributed by atoms with Gasteiger partial charge >= 0.3 is 0 Å². The van der Waals surface area contributed by atoms with Crippen LogP contribution in [0.1, 0.15) is 16.1 Å². The number of benzene rings is 1. The van der Waals surface area contributed by atoms with Crippen molar-refractivity contribution in [3.63, 3.8) is 0 Å². The number of thiazole rings is 1. The highest BCUT2D eigenvalue weighted by Crippen LogP contribution is 2.32. The molecule has 0 fully saturated rings. The van der Waals surface area contributed by atoms with E-state index in [1.807, 2.05) is 32.3 Å². The van der Waals surface area contributed by atoms with Crippen LogP contribution in [0.5, 0.6) is 0 Å².